The zero-order valence-electron chi connectivity index (χ0n) is 8.10. The monoisotopic (exact) mass is 194 g/mol. The minimum atomic E-state index is -0.393. The number of methoxy groups -OCH3 is 1. The molecule has 0 bridgehead atoms. The number of aliphatic hydroxyl groups is 1. The van der Waals surface area contributed by atoms with Gasteiger partial charge in [-0.2, -0.15) is 0 Å². The number of pyridine rings is 1. The Morgan fingerprint density at radius 2 is 2.36 bits per heavy atom. The summed E-state index contributed by atoms with van der Waals surface area (Å²) in [5.41, 5.74) is 6.68. The van der Waals surface area contributed by atoms with Crippen LogP contribution in [0.2, 0.25) is 0 Å². The van der Waals surface area contributed by atoms with Gasteiger partial charge in [0.25, 0.3) is 0 Å². The van der Waals surface area contributed by atoms with Crippen molar-refractivity contribution in [1.82, 2.24) is 4.98 Å². The molecule has 0 amide bonds. The van der Waals surface area contributed by atoms with Crippen molar-refractivity contribution < 1.29 is 9.84 Å². The molecule has 0 aliphatic heterocycles. The van der Waals surface area contributed by atoms with Crippen molar-refractivity contribution in [1.29, 1.82) is 0 Å². The number of aliphatic hydroxyl groups excluding tert-OH is 1. The summed E-state index contributed by atoms with van der Waals surface area (Å²) >= 11 is 0. The molecule has 4 heteroatoms. The first-order valence-corrected chi connectivity index (χ1v) is 4.61. The molecule has 0 saturated heterocycles. The molecule has 3 N–H and O–H groups in total. The maximum absolute atomic E-state index is 9.24. The lowest BCUT2D eigenvalue weighted by molar-refractivity contribution is 0.0208. The molecule has 2 rings (SSSR count). The molecule has 1 aliphatic carbocycles. The second-order valence-corrected chi connectivity index (χ2v) is 3.81. The molecule has 1 aromatic rings. The van der Waals surface area contributed by atoms with E-state index in [1.165, 1.54) is 0 Å². The Morgan fingerprint density at radius 1 is 1.64 bits per heavy atom. The van der Waals surface area contributed by atoms with Gasteiger partial charge in [-0.15, -0.1) is 0 Å². The molecule has 0 unspecified atom stereocenters. The Balaban J connectivity index is 2.24. The molecular formula is C10H14N2O2. The lowest BCUT2D eigenvalue weighted by atomic mass is 9.71. The molecule has 0 aromatic carbocycles. The number of aromatic nitrogens is 1. The SMILES string of the molecule is COc1cc(C2(N)CC(O)C2)ccn1. The molecule has 1 aliphatic rings. The van der Waals surface area contributed by atoms with Gasteiger partial charge in [0.05, 0.1) is 13.2 Å². The average Bonchev–Trinajstić information content (AvgIpc) is 2.16. The fraction of sp³-hybridized carbons (Fsp3) is 0.500. The number of hydrogen-bond donors (Lipinski definition) is 2. The van der Waals surface area contributed by atoms with Crippen molar-refractivity contribution in [3.63, 3.8) is 0 Å². The largest absolute Gasteiger partial charge is 0.481 e. The molecule has 0 spiro atoms. The number of nitrogens with two attached hydrogens (primary N) is 1. The summed E-state index contributed by atoms with van der Waals surface area (Å²) in [5, 5.41) is 9.24. The topological polar surface area (TPSA) is 68.4 Å². The second kappa shape index (κ2) is 3.22. The van der Waals surface area contributed by atoms with E-state index in [0.717, 1.165) is 5.56 Å². The van der Waals surface area contributed by atoms with Crippen LogP contribution in [0.4, 0.5) is 0 Å². The first-order chi connectivity index (χ1) is 6.64. The molecule has 1 aromatic heterocycles. The normalized spacial score (nSPS) is 30.9. The number of hydrogen-bond acceptors (Lipinski definition) is 4. The van der Waals surface area contributed by atoms with Gasteiger partial charge in [0.2, 0.25) is 5.88 Å². The van der Waals surface area contributed by atoms with Gasteiger partial charge in [0.15, 0.2) is 0 Å². The van der Waals surface area contributed by atoms with Crippen molar-refractivity contribution in [3.8, 4) is 5.88 Å². The highest BCUT2D eigenvalue weighted by atomic mass is 16.5. The Bertz CT molecular complexity index is 335. The zero-order chi connectivity index (χ0) is 10.2. The van der Waals surface area contributed by atoms with Crippen LogP contribution in [0.25, 0.3) is 0 Å². The van der Waals surface area contributed by atoms with Gasteiger partial charge in [-0.1, -0.05) is 0 Å². The molecule has 1 saturated carbocycles. The van der Waals surface area contributed by atoms with Crippen LogP contribution in [0.5, 0.6) is 5.88 Å². The lowest BCUT2D eigenvalue weighted by Crippen LogP contribution is -2.51. The molecule has 1 fully saturated rings. The van der Waals surface area contributed by atoms with Crippen molar-refractivity contribution in [2.45, 2.75) is 24.5 Å². The van der Waals surface area contributed by atoms with E-state index < -0.39 is 5.54 Å². The smallest absolute Gasteiger partial charge is 0.213 e. The molecule has 0 atom stereocenters. The molecule has 14 heavy (non-hydrogen) atoms. The molecule has 0 radical (unpaired) electrons. The van der Waals surface area contributed by atoms with E-state index in [-0.39, 0.29) is 6.10 Å². The molecule has 76 valence electrons. The number of ether oxygens (including phenoxy) is 1. The van der Waals surface area contributed by atoms with Gasteiger partial charge >= 0.3 is 0 Å². The molecular weight excluding hydrogens is 180 g/mol. The van der Waals surface area contributed by atoms with Crippen molar-refractivity contribution >= 4 is 0 Å². The Labute approximate surface area is 82.7 Å². The highest BCUT2D eigenvalue weighted by Gasteiger charge is 2.41. The highest BCUT2D eigenvalue weighted by Crippen LogP contribution is 2.39. The van der Waals surface area contributed by atoms with E-state index in [2.05, 4.69) is 4.98 Å². The van der Waals surface area contributed by atoms with Gasteiger partial charge < -0.3 is 15.6 Å². The van der Waals surface area contributed by atoms with Crippen LogP contribution in [0.3, 0.4) is 0 Å². The third kappa shape index (κ3) is 1.47. The summed E-state index contributed by atoms with van der Waals surface area (Å²) < 4.78 is 5.02. The summed E-state index contributed by atoms with van der Waals surface area (Å²) in [6.07, 6.45) is 2.63. The highest BCUT2D eigenvalue weighted by molar-refractivity contribution is 5.30. The molecule has 1 heterocycles. The van der Waals surface area contributed by atoms with Crippen LogP contribution in [-0.4, -0.2) is 23.3 Å². The fourth-order valence-corrected chi connectivity index (χ4v) is 1.85. The standard InChI is InChI=1S/C10H14N2O2/c1-14-9-4-7(2-3-12-9)10(11)5-8(13)6-10/h2-4,8,13H,5-6,11H2,1H3. The van der Waals surface area contributed by atoms with Gasteiger partial charge in [-0.05, 0) is 24.5 Å². The van der Waals surface area contributed by atoms with Crippen LogP contribution in [0, 0.1) is 0 Å². The summed E-state index contributed by atoms with van der Waals surface area (Å²) in [6.45, 7) is 0. The maximum Gasteiger partial charge on any atom is 0.213 e. The van der Waals surface area contributed by atoms with Crippen LogP contribution in [0.15, 0.2) is 18.3 Å². The molecule has 4 nitrogen and oxygen atoms in total. The predicted molar refractivity (Wildman–Crippen MR) is 51.9 cm³/mol. The van der Waals surface area contributed by atoms with E-state index in [1.807, 2.05) is 12.1 Å². The third-order valence-corrected chi connectivity index (χ3v) is 2.72. The Kier molecular flexibility index (Phi) is 2.17. The van der Waals surface area contributed by atoms with E-state index >= 15 is 0 Å². The summed E-state index contributed by atoms with van der Waals surface area (Å²) in [4.78, 5) is 4.01. The third-order valence-electron chi connectivity index (χ3n) is 2.72. The summed E-state index contributed by atoms with van der Waals surface area (Å²) in [6, 6.07) is 3.69. The lowest BCUT2D eigenvalue weighted by Gasteiger charge is -2.42. The van der Waals surface area contributed by atoms with Crippen LogP contribution < -0.4 is 10.5 Å². The number of nitrogens with zero attached hydrogens (tertiary/aromatic N) is 1. The van der Waals surface area contributed by atoms with Gasteiger partial charge in [0.1, 0.15) is 0 Å². The van der Waals surface area contributed by atoms with Crippen LogP contribution in [-0.2, 0) is 5.54 Å². The average molecular weight is 194 g/mol. The first kappa shape index (κ1) is 9.43. The summed E-state index contributed by atoms with van der Waals surface area (Å²) in [7, 11) is 1.57. The number of rotatable bonds is 2. The van der Waals surface area contributed by atoms with Crippen LogP contribution in [0.1, 0.15) is 18.4 Å². The van der Waals surface area contributed by atoms with E-state index in [4.69, 9.17) is 10.5 Å². The summed E-state index contributed by atoms with van der Waals surface area (Å²) in [5.74, 6) is 0.564. The van der Waals surface area contributed by atoms with E-state index in [9.17, 15) is 5.11 Å². The maximum atomic E-state index is 9.24. The minimum absolute atomic E-state index is 0.265. The minimum Gasteiger partial charge on any atom is -0.481 e. The van der Waals surface area contributed by atoms with Crippen molar-refractivity contribution in [2.24, 2.45) is 5.73 Å². The van der Waals surface area contributed by atoms with Gasteiger partial charge in [-0.3, -0.25) is 0 Å². The van der Waals surface area contributed by atoms with E-state index in [0.29, 0.717) is 18.7 Å². The van der Waals surface area contributed by atoms with E-state index in [1.54, 1.807) is 13.3 Å². The van der Waals surface area contributed by atoms with Crippen LogP contribution >= 0.6 is 0 Å². The predicted octanol–water partition coefficient (Wildman–Crippen LogP) is 0.399. The van der Waals surface area contributed by atoms with Gasteiger partial charge in [-0.25, -0.2) is 4.98 Å². The van der Waals surface area contributed by atoms with Crippen molar-refractivity contribution in [3.05, 3.63) is 23.9 Å². The fourth-order valence-electron chi connectivity index (χ4n) is 1.85. The zero-order valence-corrected chi connectivity index (χ0v) is 8.10. The second-order valence-electron chi connectivity index (χ2n) is 3.81. The Hall–Kier alpha value is -1.13. The Morgan fingerprint density at radius 3 is 2.93 bits per heavy atom. The quantitative estimate of drug-likeness (QED) is 0.715. The van der Waals surface area contributed by atoms with Crippen molar-refractivity contribution in [2.75, 3.05) is 7.11 Å². The first-order valence-electron chi connectivity index (χ1n) is 4.61. The van der Waals surface area contributed by atoms with Gasteiger partial charge in [0, 0.05) is 17.8 Å².